The van der Waals surface area contributed by atoms with Crippen LogP contribution in [0.2, 0.25) is 0 Å². The molecule has 1 aliphatic heterocycles. The van der Waals surface area contributed by atoms with Crippen molar-refractivity contribution in [3.63, 3.8) is 0 Å². The first-order valence-electron chi connectivity index (χ1n) is 6.45. The average Bonchev–Trinajstić information content (AvgIpc) is 2.40. The van der Waals surface area contributed by atoms with E-state index in [1.165, 1.54) is 4.31 Å². The van der Waals surface area contributed by atoms with Crippen LogP contribution in [0.5, 0.6) is 0 Å². The van der Waals surface area contributed by atoms with Crippen LogP contribution in [0, 0.1) is 0 Å². The van der Waals surface area contributed by atoms with Gasteiger partial charge in [0.15, 0.2) is 0 Å². The Bertz CT molecular complexity index is 515. The fourth-order valence-corrected chi connectivity index (χ4v) is 3.01. The summed E-state index contributed by atoms with van der Waals surface area (Å²) in [6, 6.07) is 7.18. The van der Waals surface area contributed by atoms with E-state index in [1.54, 1.807) is 26.2 Å². The van der Waals surface area contributed by atoms with Crippen LogP contribution in [0.3, 0.4) is 0 Å². The maximum Gasteiger partial charge on any atom is 0.242 e. The van der Waals surface area contributed by atoms with Gasteiger partial charge in [-0.15, -0.1) is 24.8 Å². The zero-order valence-corrected chi connectivity index (χ0v) is 14.7. The summed E-state index contributed by atoms with van der Waals surface area (Å²) < 4.78 is 25.1. The molecule has 21 heavy (non-hydrogen) atoms. The van der Waals surface area contributed by atoms with Gasteiger partial charge in [0.25, 0.3) is 0 Å². The smallest absolute Gasteiger partial charge is 0.242 e. The molecule has 0 radical (unpaired) electrons. The molecule has 0 unspecified atom stereocenters. The second-order valence-corrected chi connectivity index (χ2v) is 7.11. The van der Waals surface area contributed by atoms with E-state index in [9.17, 15) is 8.42 Å². The first kappa shape index (κ1) is 20.6. The number of hydrogen-bond acceptors (Lipinski definition) is 4. The lowest BCUT2D eigenvalue weighted by Crippen LogP contribution is -2.42. The molecule has 1 aliphatic rings. The van der Waals surface area contributed by atoms with E-state index >= 15 is 0 Å². The van der Waals surface area contributed by atoms with Gasteiger partial charge in [0, 0.05) is 46.8 Å². The average molecular weight is 356 g/mol. The third kappa shape index (κ3) is 5.39. The van der Waals surface area contributed by atoms with Gasteiger partial charge in [-0.25, -0.2) is 12.7 Å². The molecule has 1 N–H and O–H groups in total. The summed E-state index contributed by atoms with van der Waals surface area (Å²) in [7, 11) is -0.226. The van der Waals surface area contributed by atoms with E-state index in [-0.39, 0.29) is 24.8 Å². The normalized spacial score (nSPS) is 16.1. The van der Waals surface area contributed by atoms with Crippen LogP contribution in [-0.4, -0.2) is 57.9 Å². The van der Waals surface area contributed by atoms with Gasteiger partial charge >= 0.3 is 0 Å². The predicted molar refractivity (Wildman–Crippen MR) is 90.0 cm³/mol. The van der Waals surface area contributed by atoms with Crippen LogP contribution in [0.25, 0.3) is 0 Å². The summed E-state index contributed by atoms with van der Waals surface area (Å²) in [4.78, 5) is 2.72. The van der Waals surface area contributed by atoms with E-state index in [2.05, 4.69) is 10.2 Å². The molecule has 0 aromatic heterocycles. The van der Waals surface area contributed by atoms with E-state index in [1.807, 2.05) is 12.1 Å². The molecule has 8 heteroatoms. The van der Waals surface area contributed by atoms with Crippen LogP contribution in [-0.2, 0) is 16.6 Å². The third-order valence-corrected chi connectivity index (χ3v) is 5.15. The zero-order chi connectivity index (χ0) is 13.9. The van der Waals surface area contributed by atoms with Crippen LogP contribution in [0.15, 0.2) is 29.2 Å². The van der Waals surface area contributed by atoms with Gasteiger partial charge in [-0.3, -0.25) is 4.90 Å². The third-order valence-electron chi connectivity index (χ3n) is 3.32. The Morgan fingerprint density at radius 2 is 1.62 bits per heavy atom. The molecular formula is C13H23Cl2N3O2S. The Morgan fingerprint density at radius 3 is 2.10 bits per heavy atom. The highest BCUT2D eigenvalue weighted by Crippen LogP contribution is 2.15. The van der Waals surface area contributed by atoms with Gasteiger partial charge in [-0.2, -0.15) is 0 Å². The minimum atomic E-state index is -3.32. The first-order valence-corrected chi connectivity index (χ1v) is 7.89. The summed E-state index contributed by atoms with van der Waals surface area (Å²) in [5.74, 6) is 0. The Kier molecular flexibility index (Phi) is 8.77. The van der Waals surface area contributed by atoms with E-state index in [4.69, 9.17) is 0 Å². The fraction of sp³-hybridized carbons (Fsp3) is 0.538. The molecule has 1 heterocycles. The molecule has 0 spiro atoms. The maximum atomic E-state index is 11.9. The molecule has 5 nitrogen and oxygen atoms in total. The molecule has 2 rings (SSSR count). The molecular weight excluding hydrogens is 333 g/mol. The van der Waals surface area contributed by atoms with E-state index in [0.29, 0.717) is 4.90 Å². The van der Waals surface area contributed by atoms with Crippen LogP contribution >= 0.6 is 24.8 Å². The SMILES string of the molecule is CN(C)S(=O)(=O)c1ccc(CN2CCNCC2)cc1.Cl.Cl. The lowest BCUT2D eigenvalue weighted by Gasteiger charge is -2.27. The van der Waals surface area contributed by atoms with Crippen molar-refractivity contribution in [2.75, 3.05) is 40.3 Å². The number of nitrogens with zero attached hydrogens (tertiary/aromatic N) is 2. The minimum Gasteiger partial charge on any atom is -0.314 e. The van der Waals surface area contributed by atoms with Gasteiger partial charge < -0.3 is 5.32 Å². The van der Waals surface area contributed by atoms with Crippen molar-refractivity contribution in [2.45, 2.75) is 11.4 Å². The summed E-state index contributed by atoms with van der Waals surface area (Å²) in [5.41, 5.74) is 1.15. The number of hydrogen-bond donors (Lipinski definition) is 1. The van der Waals surface area contributed by atoms with Crippen molar-refractivity contribution < 1.29 is 8.42 Å². The first-order chi connectivity index (χ1) is 9.00. The number of nitrogens with one attached hydrogen (secondary N) is 1. The summed E-state index contributed by atoms with van der Waals surface area (Å²) in [6.45, 7) is 5.00. The monoisotopic (exact) mass is 355 g/mol. The van der Waals surface area contributed by atoms with E-state index in [0.717, 1.165) is 38.3 Å². The largest absolute Gasteiger partial charge is 0.314 e. The van der Waals surface area contributed by atoms with Crippen molar-refractivity contribution in [1.29, 1.82) is 0 Å². The Balaban J connectivity index is 0.00000200. The van der Waals surface area contributed by atoms with Crippen LogP contribution in [0.1, 0.15) is 5.56 Å². The van der Waals surface area contributed by atoms with Crippen molar-refractivity contribution in [3.8, 4) is 0 Å². The molecule has 0 amide bonds. The second kappa shape index (κ2) is 8.92. The molecule has 0 bridgehead atoms. The molecule has 1 aromatic rings. The number of rotatable bonds is 4. The lowest BCUT2D eigenvalue weighted by atomic mass is 10.2. The molecule has 1 saturated heterocycles. The van der Waals surface area contributed by atoms with Gasteiger partial charge in [0.2, 0.25) is 10.0 Å². The number of halogens is 2. The highest BCUT2D eigenvalue weighted by molar-refractivity contribution is 7.89. The molecule has 0 aliphatic carbocycles. The highest BCUT2D eigenvalue weighted by Gasteiger charge is 2.17. The minimum absolute atomic E-state index is 0. The molecule has 0 saturated carbocycles. The van der Waals surface area contributed by atoms with Gasteiger partial charge in [0.05, 0.1) is 4.90 Å². The fourth-order valence-electron chi connectivity index (χ4n) is 2.11. The summed E-state index contributed by atoms with van der Waals surface area (Å²) in [6.07, 6.45) is 0. The Morgan fingerprint density at radius 1 is 1.10 bits per heavy atom. The second-order valence-electron chi connectivity index (χ2n) is 4.96. The molecule has 122 valence electrons. The Hall–Kier alpha value is -0.370. The lowest BCUT2D eigenvalue weighted by molar-refractivity contribution is 0.233. The van der Waals surface area contributed by atoms with E-state index < -0.39 is 10.0 Å². The Labute approximate surface area is 139 Å². The quantitative estimate of drug-likeness (QED) is 0.881. The van der Waals surface area contributed by atoms with Gasteiger partial charge in [-0.05, 0) is 17.7 Å². The standard InChI is InChI=1S/C13H21N3O2S.2ClH/c1-15(2)19(17,18)13-5-3-12(4-6-13)11-16-9-7-14-8-10-16;;/h3-6,14H,7-11H2,1-2H3;2*1H. The summed E-state index contributed by atoms with van der Waals surface area (Å²) in [5, 5.41) is 3.32. The number of sulfonamides is 1. The number of piperazine rings is 1. The molecule has 1 fully saturated rings. The van der Waals surface area contributed by atoms with Gasteiger partial charge in [0.1, 0.15) is 0 Å². The van der Waals surface area contributed by atoms with Crippen molar-refractivity contribution >= 4 is 34.8 Å². The molecule has 0 atom stereocenters. The van der Waals surface area contributed by atoms with Gasteiger partial charge in [-0.1, -0.05) is 12.1 Å². The van der Waals surface area contributed by atoms with Crippen LogP contribution < -0.4 is 5.32 Å². The van der Waals surface area contributed by atoms with Crippen molar-refractivity contribution in [2.24, 2.45) is 0 Å². The van der Waals surface area contributed by atoms with Crippen LogP contribution in [0.4, 0.5) is 0 Å². The predicted octanol–water partition coefficient (Wildman–Crippen LogP) is 1.19. The maximum absolute atomic E-state index is 11.9. The van der Waals surface area contributed by atoms with Crippen molar-refractivity contribution in [1.82, 2.24) is 14.5 Å². The highest BCUT2D eigenvalue weighted by atomic mass is 35.5. The zero-order valence-electron chi connectivity index (χ0n) is 12.3. The topological polar surface area (TPSA) is 52.7 Å². The van der Waals surface area contributed by atoms with Crippen molar-refractivity contribution in [3.05, 3.63) is 29.8 Å². The molecule has 1 aromatic carbocycles. The summed E-state index contributed by atoms with van der Waals surface area (Å²) >= 11 is 0. The number of benzene rings is 1.